The minimum absolute atomic E-state index is 0.0393. The number of amides is 2. The van der Waals surface area contributed by atoms with Crippen LogP contribution in [0.2, 0.25) is 0 Å². The molecule has 1 aliphatic heterocycles. The number of halogens is 1. The van der Waals surface area contributed by atoms with Gasteiger partial charge in [0.2, 0.25) is 11.8 Å². The van der Waals surface area contributed by atoms with Crippen LogP contribution in [0.15, 0.2) is 66.0 Å². The second-order valence-corrected chi connectivity index (χ2v) is 10.6. The van der Waals surface area contributed by atoms with E-state index < -0.39 is 0 Å². The van der Waals surface area contributed by atoms with E-state index in [0.29, 0.717) is 24.8 Å². The Kier molecular flexibility index (Phi) is 8.75. The normalized spacial score (nSPS) is 15.0. The molecular weight excluding hydrogens is 475 g/mol. The summed E-state index contributed by atoms with van der Waals surface area (Å²) in [5, 5.41) is 2.04. The van der Waals surface area contributed by atoms with Crippen molar-refractivity contribution in [3.8, 4) is 5.75 Å². The molecule has 2 aromatic carbocycles. The van der Waals surface area contributed by atoms with Gasteiger partial charge in [0, 0.05) is 18.0 Å². The summed E-state index contributed by atoms with van der Waals surface area (Å²) in [5.74, 6) is 0.543. The van der Waals surface area contributed by atoms with Gasteiger partial charge < -0.3 is 14.5 Å². The third-order valence-electron chi connectivity index (χ3n) is 6.49. The lowest BCUT2D eigenvalue weighted by Gasteiger charge is -2.37. The minimum Gasteiger partial charge on any atom is -0.491 e. The molecule has 0 N–H and O–H groups in total. The molecule has 0 radical (unpaired) electrons. The standard InChI is InChI=1S/C29H33FN2O3S/c1-21(2)12-15-31(28(33)18-22-6-4-3-5-7-22)19-29(34)32-16-13-27-25(14-17-36-27)26(32)20-35-24-10-8-23(30)9-11-24/h3-11,14,17,21,26H,12-13,15-16,18-20H2,1-2H3/t26-/m1/s1. The van der Waals surface area contributed by atoms with Crippen LogP contribution in [0.5, 0.6) is 5.75 Å². The molecule has 0 bridgehead atoms. The highest BCUT2D eigenvalue weighted by atomic mass is 32.1. The van der Waals surface area contributed by atoms with E-state index in [1.165, 1.54) is 17.0 Å². The molecule has 2 amide bonds. The van der Waals surface area contributed by atoms with Crippen LogP contribution in [0.4, 0.5) is 4.39 Å². The van der Waals surface area contributed by atoms with Crippen LogP contribution in [0.3, 0.4) is 0 Å². The molecule has 5 nitrogen and oxygen atoms in total. The maximum absolute atomic E-state index is 13.6. The highest BCUT2D eigenvalue weighted by Gasteiger charge is 2.33. The Morgan fingerprint density at radius 3 is 2.58 bits per heavy atom. The molecule has 4 rings (SSSR count). The smallest absolute Gasteiger partial charge is 0.242 e. The van der Waals surface area contributed by atoms with E-state index >= 15 is 0 Å². The summed E-state index contributed by atoms with van der Waals surface area (Å²) in [7, 11) is 0. The van der Waals surface area contributed by atoms with E-state index in [2.05, 4.69) is 19.9 Å². The summed E-state index contributed by atoms with van der Waals surface area (Å²) in [6, 6.07) is 17.3. The van der Waals surface area contributed by atoms with Gasteiger partial charge in [-0.25, -0.2) is 4.39 Å². The number of rotatable bonds is 10. The largest absolute Gasteiger partial charge is 0.491 e. The predicted molar refractivity (Wildman–Crippen MR) is 141 cm³/mol. The summed E-state index contributed by atoms with van der Waals surface area (Å²) < 4.78 is 19.3. The summed E-state index contributed by atoms with van der Waals surface area (Å²) in [4.78, 5) is 31.7. The quantitative estimate of drug-likeness (QED) is 0.363. The van der Waals surface area contributed by atoms with Gasteiger partial charge in [-0.3, -0.25) is 9.59 Å². The average Bonchev–Trinajstić information content (AvgIpc) is 3.35. The van der Waals surface area contributed by atoms with Crippen LogP contribution < -0.4 is 4.74 Å². The maximum atomic E-state index is 13.6. The Labute approximate surface area is 216 Å². The fourth-order valence-corrected chi connectivity index (χ4v) is 5.35. The predicted octanol–water partition coefficient (Wildman–Crippen LogP) is 5.51. The topological polar surface area (TPSA) is 49.9 Å². The van der Waals surface area contributed by atoms with E-state index in [9.17, 15) is 14.0 Å². The molecule has 190 valence electrons. The third-order valence-corrected chi connectivity index (χ3v) is 7.49. The van der Waals surface area contributed by atoms with Crippen molar-refractivity contribution in [1.29, 1.82) is 0 Å². The van der Waals surface area contributed by atoms with E-state index in [-0.39, 0.29) is 43.2 Å². The van der Waals surface area contributed by atoms with Gasteiger partial charge in [-0.15, -0.1) is 11.3 Å². The number of nitrogens with zero attached hydrogens (tertiary/aromatic N) is 2. The molecule has 36 heavy (non-hydrogen) atoms. The highest BCUT2D eigenvalue weighted by Crippen LogP contribution is 2.34. The van der Waals surface area contributed by atoms with E-state index in [1.54, 1.807) is 28.4 Å². The van der Waals surface area contributed by atoms with Crippen LogP contribution in [-0.2, 0) is 22.4 Å². The lowest BCUT2D eigenvalue weighted by atomic mass is 10.00. The number of hydrogen-bond acceptors (Lipinski definition) is 4. The fourth-order valence-electron chi connectivity index (χ4n) is 4.42. The zero-order valence-electron chi connectivity index (χ0n) is 20.9. The monoisotopic (exact) mass is 508 g/mol. The highest BCUT2D eigenvalue weighted by molar-refractivity contribution is 7.10. The lowest BCUT2D eigenvalue weighted by molar-refractivity contribution is -0.142. The van der Waals surface area contributed by atoms with Crippen molar-refractivity contribution < 1.29 is 18.7 Å². The number of fused-ring (bicyclic) bond motifs is 1. The Morgan fingerprint density at radius 2 is 1.86 bits per heavy atom. The van der Waals surface area contributed by atoms with Crippen LogP contribution in [0, 0.1) is 11.7 Å². The molecule has 7 heteroatoms. The number of thiophene rings is 1. The first kappa shape index (κ1) is 25.9. The molecule has 1 aliphatic rings. The average molecular weight is 509 g/mol. The summed E-state index contributed by atoms with van der Waals surface area (Å²) in [5.41, 5.74) is 2.03. The molecule has 1 atom stereocenters. The van der Waals surface area contributed by atoms with Crippen molar-refractivity contribution in [2.24, 2.45) is 5.92 Å². The van der Waals surface area contributed by atoms with Crippen molar-refractivity contribution in [2.75, 3.05) is 26.2 Å². The van der Waals surface area contributed by atoms with Gasteiger partial charge in [0.25, 0.3) is 0 Å². The van der Waals surface area contributed by atoms with Crippen LogP contribution >= 0.6 is 11.3 Å². The summed E-state index contributed by atoms with van der Waals surface area (Å²) in [6.45, 7) is 5.68. The zero-order valence-corrected chi connectivity index (χ0v) is 21.7. The Bertz CT molecular complexity index is 1150. The first-order chi connectivity index (χ1) is 17.4. The van der Waals surface area contributed by atoms with Gasteiger partial charge in [0.1, 0.15) is 18.2 Å². The fraction of sp³-hybridized carbons (Fsp3) is 0.379. The number of carbonyl (C=O) groups excluding carboxylic acids is 2. The molecule has 2 heterocycles. The van der Waals surface area contributed by atoms with Gasteiger partial charge in [-0.2, -0.15) is 0 Å². The zero-order chi connectivity index (χ0) is 25.5. The number of benzene rings is 2. The molecule has 0 saturated heterocycles. The SMILES string of the molecule is CC(C)CCN(CC(=O)N1CCc2sccc2[C@H]1COc1ccc(F)cc1)C(=O)Cc1ccccc1. The summed E-state index contributed by atoms with van der Waals surface area (Å²) in [6.07, 6.45) is 1.90. The van der Waals surface area contributed by atoms with E-state index in [4.69, 9.17) is 4.74 Å². The molecule has 0 fully saturated rings. The van der Waals surface area contributed by atoms with Crippen LogP contribution in [0.25, 0.3) is 0 Å². The van der Waals surface area contributed by atoms with Crippen LogP contribution in [-0.4, -0.2) is 47.9 Å². The van der Waals surface area contributed by atoms with Crippen LogP contribution in [0.1, 0.15) is 42.3 Å². The van der Waals surface area contributed by atoms with Crippen molar-refractivity contribution in [3.05, 3.63) is 87.9 Å². The number of ether oxygens (including phenoxy) is 1. The van der Waals surface area contributed by atoms with E-state index in [0.717, 1.165) is 24.0 Å². The second kappa shape index (κ2) is 12.2. The lowest BCUT2D eigenvalue weighted by Crippen LogP contribution is -2.48. The van der Waals surface area contributed by atoms with Crippen molar-refractivity contribution in [2.45, 2.75) is 39.2 Å². The molecule has 3 aromatic rings. The summed E-state index contributed by atoms with van der Waals surface area (Å²) >= 11 is 1.69. The third kappa shape index (κ3) is 6.72. The van der Waals surface area contributed by atoms with Gasteiger partial charge in [-0.1, -0.05) is 44.2 Å². The Balaban J connectivity index is 1.49. The molecule has 0 aliphatic carbocycles. The number of carbonyl (C=O) groups is 2. The molecule has 0 spiro atoms. The van der Waals surface area contributed by atoms with Gasteiger partial charge in [0.05, 0.1) is 19.0 Å². The molecule has 1 aromatic heterocycles. The second-order valence-electron chi connectivity index (χ2n) is 9.58. The minimum atomic E-state index is -0.321. The maximum Gasteiger partial charge on any atom is 0.242 e. The van der Waals surface area contributed by atoms with Gasteiger partial charge in [-0.05, 0) is 65.6 Å². The van der Waals surface area contributed by atoms with Crippen molar-refractivity contribution in [1.82, 2.24) is 9.80 Å². The molecule has 0 unspecified atom stereocenters. The van der Waals surface area contributed by atoms with Gasteiger partial charge in [0.15, 0.2) is 0 Å². The number of hydrogen-bond donors (Lipinski definition) is 0. The van der Waals surface area contributed by atoms with Gasteiger partial charge >= 0.3 is 0 Å². The first-order valence-electron chi connectivity index (χ1n) is 12.5. The Hall–Kier alpha value is -3.19. The van der Waals surface area contributed by atoms with Crippen molar-refractivity contribution >= 4 is 23.2 Å². The molecular formula is C29H33FN2O3S. The van der Waals surface area contributed by atoms with E-state index in [1.807, 2.05) is 40.6 Å². The van der Waals surface area contributed by atoms with Crippen molar-refractivity contribution in [3.63, 3.8) is 0 Å². The Morgan fingerprint density at radius 1 is 1.11 bits per heavy atom. The molecule has 0 saturated carbocycles. The first-order valence-corrected chi connectivity index (χ1v) is 13.3.